The Kier molecular flexibility index (Phi) is 5.51. The van der Waals surface area contributed by atoms with E-state index in [2.05, 4.69) is 9.88 Å². The van der Waals surface area contributed by atoms with Gasteiger partial charge in [-0.3, -0.25) is 9.52 Å². The highest BCUT2D eigenvalue weighted by molar-refractivity contribution is 7.92. The van der Waals surface area contributed by atoms with Crippen molar-refractivity contribution in [1.82, 2.24) is 5.16 Å². The van der Waals surface area contributed by atoms with Crippen LogP contribution in [0, 0.1) is 13.8 Å². The molecule has 0 unspecified atom stereocenters. The topological polar surface area (TPSA) is 92.5 Å². The van der Waals surface area contributed by atoms with Crippen molar-refractivity contribution in [2.24, 2.45) is 0 Å². The summed E-state index contributed by atoms with van der Waals surface area (Å²) in [4.78, 5) is 14.6. The predicted molar refractivity (Wildman–Crippen MR) is 107 cm³/mol. The number of carbonyl (C=O) groups excluding carboxylic acids is 1. The maximum atomic E-state index is 12.9. The van der Waals surface area contributed by atoms with E-state index in [9.17, 15) is 13.2 Å². The van der Waals surface area contributed by atoms with E-state index < -0.39 is 10.0 Å². The van der Waals surface area contributed by atoms with Crippen LogP contribution in [0.5, 0.6) is 0 Å². The molecule has 1 amide bonds. The van der Waals surface area contributed by atoms with Crippen LogP contribution in [0.4, 0.5) is 11.5 Å². The van der Waals surface area contributed by atoms with Gasteiger partial charge in [0.2, 0.25) is 0 Å². The third kappa shape index (κ3) is 4.23. The lowest BCUT2D eigenvalue weighted by Gasteiger charge is -2.21. The average molecular weight is 399 g/mol. The van der Waals surface area contributed by atoms with Gasteiger partial charge in [-0.15, -0.1) is 0 Å². The van der Waals surface area contributed by atoms with Gasteiger partial charge in [0.1, 0.15) is 5.76 Å². The molecular formula is C20H21N3O4S. The number of hydrogen-bond acceptors (Lipinski definition) is 5. The number of hydrogen-bond donors (Lipinski definition) is 1. The zero-order valence-corrected chi connectivity index (χ0v) is 16.7. The fourth-order valence-electron chi connectivity index (χ4n) is 2.78. The average Bonchev–Trinajstić information content (AvgIpc) is 3.06. The lowest BCUT2D eigenvalue weighted by Crippen LogP contribution is -2.30. The first-order chi connectivity index (χ1) is 13.3. The lowest BCUT2D eigenvalue weighted by molar-refractivity contribution is 0.0988. The van der Waals surface area contributed by atoms with Crippen molar-refractivity contribution in [3.63, 3.8) is 0 Å². The van der Waals surface area contributed by atoms with Gasteiger partial charge in [0.05, 0.1) is 4.90 Å². The first-order valence-electron chi connectivity index (χ1n) is 8.75. The summed E-state index contributed by atoms with van der Waals surface area (Å²) in [7, 11) is -3.82. The van der Waals surface area contributed by atoms with E-state index >= 15 is 0 Å². The number of sulfonamides is 1. The summed E-state index contributed by atoms with van der Waals surface area (Å²) in [6, 6.07) is 14.9. The van der Waals surface area contributed by atoms with Gasteiger partial charge in [-0.2, -0.15) is 0 Å². The summed E-state index contributed by atoms with van der Waals surface area (Å²) < 4.78 is 32.1. The second-order valence-electron chi connectivity index (χ2n) is 6.34. The fraction of sp³-hybridized carbons (Fsp3) is 0.200. The Morgan fingerprint density at radius 1 is 1.11 bits per heavy atom. The molecule has 7 nitrogen and oxygen atoms in total. The summed E-state index contributed by atoms with van der Waals surface area (Å²) >= 11 is 0. The Hall–Kier alpha value is -3.13. The first-order valence-corrected chi connectivity index (χ1v) is 10.2. The van der Waals surface area contributed by atoms with Gasteiger partial charge in [0.25, 0.3) is 15.9 Å². The van der Waals surface area contributed by atoms with Gasteiger partial charge in [0, 0.05) is 23.9 Å². The van der Waals surface area contributed by atoms with Crippen LogP contribution in [0.3, 0.4) is 0 Å². The number of aryl methyl sites for hydroxylation is 2. The highest BCUT2D eigenvalue weighted by Gasteiger charge is 2.19. The maximum Gasteiger partial charge on any atom is 0.263 e. The van der Waals surface area contributed by atoms with Crippen LogP contribution < -0.4 is 9.62 Å². The highest BCUT2D eigenvalue weighted by atomic mass is 32.2. The molecule has 0 aliphatic heterocycles. The largest absolute Gasteiger partial charge is 0.360 e. The van der Waals surface area contributed by atoms with Crippen molar-refractivity contribution >= 4 is 27.4 Å². The number of benzene rings is 2. The summed E-state index contributed by atoms with van der Waals surface area (Å²) in [6.07, 6.45) is 0. The number of aromatic nitrogens is 1. The SMILES string of the molecule is CCN(C(=O)c1ccc(S(=O)(=O)Nc2cc(C)on2)cc1)c1cccc(C)c1. The number of rotatable bonds is 6. The molecule has 8 heteroatoms. The molecule has 3 aromatic rings. The molecule has 0 radical (unpaired) electrons. The third-order valence-electron chi connectivity index (χ3n) is 4.15. The van der Waals surface area contributed by atoms with E-state index in [0.29, 0.717) is 17.9 Å². The van der Waals surface area contributed by atoms with Crippen LogP contribution in [-0.4, -0.2) is 26.0 Å². The van der Waals surface area contributed by atoms with Crippen LogP contribution >= 0.6 is 0 Å². The lowest BCUT2D eigenvalue weighted by atomic mass is 10.1. The molecule has 3 rings (SSSR count). The molecule has 0 fully saturated rings. The van der Waals surface area contributed by atoms with E-state index in [0.717, 1.165) is 11.3 Å². The molecule has 0 spiro atoms. The van der Waals surface area contributed by atoms with Crippen molar-refractivity contribution in [3.05, 3.63) is 71.5 Å². The van der Waals surface area contributed by atoms with Crippen LogP contribution in [0.2, 0.25) is 0 Å². The summed E-state index contributed by atoms with van der Waals surface area (Å²) in [5.74, 6) is 0.404. The monoisotopic (exact) mass is 399 g/mol. The van der Waals surface area contributed by atoms with Crippen LogP contribution in [-0.2, 0) is 10.0 Å². The molecule has 0 bridgehead atoms. The molecule has 2 aromatic carbocycles. The fourth-order valence-corrected chi connectivity index (χ4v) is 3.77. The number of nitrogens with one attached hydrogen (secondary N) is 1. The number of nitrogens with zero attached hydrogens (tertiary/aromatic N) is 2. The van der Waals surface area contributed by atoms with Crippen LogP contribution in [0.15, 0.2) is 64.0 Å². The standard InChI is InChI=1S/C20H21N3O4S/c1-4-23(17-7-5-6-14(2)12-17)20(24)16-8-10-18(11-9-16)28(25,26)22-19-13-15(3)27-21-19/h5-13H,4H2,1-3H3,(H,21,22). The molecular weight excluding hydrogens is 378 g/mol. The molecule has 28 heavy (non-hydrogen) atoms. The van der Waals surface area contributed by atoms with Gasteiger partial charge < -0.3 is 9.42 Å². The van der Waals surface area contributed by atoms with E-state index in [-0.39, 0.29) is 16.6 Å². The van der Waals surface area contributed by atoms with E-state index in [1.54, 1.807) is 11.8 Å². The molecule has 0 saturated carbocycles. The molecule has 1 aromatic heterocycles. The molecule has 0 atom stereocenters. The van der Waals surface area contributed by atoms with Gasteiger partial charge in [-0.1, -0.05) is 17.3 Å². The first kappa shape index (κ1) is 19.6. The molecule has 0 saturated heterocycles. The second kappa shape index (κ2) is 7.85. The maximum absolute atomic E-state index is 12.9. The Morgan fingerprint density at radius 2 is 1.82 bits per heavy atom. The van der Waals surface area contributed by atoms with Gasteiger partial charge in [-0.25, -0.2) is 8.42 Å². The molecule has 146 valence electrons. The van der Waals surface area contributed by atoms with Crippen molar-refractivity contribution in [2.75, 3.05) is 16.2 Å². The normalized spacial score (nSPS) is 11.2. The van der Waals surface area contributed by atoms with E-state index in [4.69, 9.17) is 4.52 Å². The van der Waals surface area contributed by atoms with Crippen LogP contribution in [0.1, 0.15) is 28.6 Å². The van der Waals surface area contributed by atoms with Crippen molar-refractivity contribution in [3.8, 4) is 0 Å². The summed E-state index contributed by atoms with van der Waals surface area (Å²) in [6.45, 7) is 6.02. The molecule has 0 aliphatic rings. The Morgan fingerprint density at radius 3 is 2.39 bits per heavy atom. The highest BCUT2D eigenvalue weighted by Crippen LogP contribution is 2.21. The zero-order valence-electron chi connectivity index (χ0n) is 15.8. The van der Waals surface area contributed by atoms with Crippen molar-refractivity contribution in [1.29, 1.82) is 0 Å². The van der Waals surface area contributed by atoms with Gasteiger partial charge >= 0.3 is 0 Å². The number of amides is 1. The molecule has 1 N–H and O–H groups in total. The zero-order chi connectivity index (χ0) is 20.3. The second-order valence-corrected chi connectivity index (χ2v) is 8.02. The quantitative estimate of drug-likeness (QED) is 0.681. The Balaban J connectivity index is 1.82. The summed E-state index contributed by atoms with van der Waals surface area (Å²) in [5.41, 5.74) is 2.26. The third-order valence-corrected chi connectivity index (χ3v) is 5.52. The van der Waals surface area contributed by atoms with Crippen LogP contribution in [0.25, 0.3) is 0 Å². The van der Waals surface area contributed by atoms with Crippen molar-refractivity contribution in [2.45, 2.75) is 25.7 Å². The molecule has 0 aliphatic carbocycles. The minimum Gasteiger partial charge on any atom is -0.360 e. The van der Waals surface area contributed by atoms with Gasteiger partial charge in [-0.05, 0) is 62.7 Å². The number of carbonyl (C=O) groups is 1. The minimum atomic E-state index is -3.82. The van der Waals surface area contributed by atoms with Crippen molar-refractivity contribution < 1.29 is 17.7 Å². The minimum absolute atomic E-state index is 0.0308. The molecule has 1 heterocycles. The predicted octanol–water partition coefficient (Wildman–Crippen LogP) is 3.76. The van der Waals surface area contributed by atoms with Gasteiger partial charge in [0.15, 0.2) is 5.82 Å². The van der Waals surface area contributed by atoms with E-state index in [1.807, 2.05) is 38.1 Å². The summed E-state index contributed by atoms with van der Waals surface area (Å²) in [5, 5.41) is 3.62. The number of anilines is 2. The van der Waals surface area contributed by atoms with E-state index in [1.165, 1.54) is 30.3 Å². The Bertz CT molecular complexity index is 1090. The smallest absolute Gasteiger partial charge is 0.263 e. The Labute approximate surface area is 164 Å².